The molecule has 0 aliphatic carbocycles. The van der Waals surface area contributed by atoms with Crippen LogP contribution in [0.1, 0.15) is 11.1 Å². The largest absolute Gasteiger partial charge is 0.389 e. The molecule has 0 amide bonds. The summed E-state index contributed by atoms with van der Waals surface area (Å²) in [6, 6.07) is 5.95. The van der Waals surface area contributed by atoms with Crippen molar-refractivity contribution >= 4 is 17.2 Å². The van der Waals surface area contributed by atoms with E-state index in [1.165, 1.54) is 0 Å². The number of aryl methyl sites for hydroxylation is 1. The molecule has 3 nitrogen and oxygen atoms in total. The number of nitrogens with two attached hydrogens (primary N) is 1. The zero-order chi connectivity index (χ0) is 10.8. The van der Waals surface area contributed by atoms with Crippen LogP contribution in [0.3, 0.4) is 0 Å². The Morgan fingerprint density at radius 1 is 1.47 bits per heavy atom. The maximum Gasteiger partial charge on any atom is 0.104 e. The first-order chi connectivity index (χ1) is 7.18. The zero-order valence-electron chi connectivity index (χ0n) is 8.34. The second-order valence-corrected chi connectivity index (χ2v) is 3.77. The Morgan fingerprint density at radius 2 is 2.27 bits per heavy atom. The third kappa shape index (κ3) is 1.89. The van der Waals surface area contributed by atoms with Gasteiger partial charge in [-0.2, -0.15) is 0 Å². The lowest BCUT2D eigenvalue weighted by Gasteiger charge is -2.07. The number of imidazole rings is 1. The Morgan fingerprint density at radius 3 is 2.80 bits per heavy atom. The first-order valence-electron chi connectivity index (χ1n) is 4.57. The van der Waals surface area contributed by atoms with Gasteiger partial charge in [0.25, 0.3) is 0 Å². The molecule has 1 aromatic heterocycles. The fourth-order valence-corrected chi connectivity index (χ4v) is 1.73. The summed E-state index contributed by atoms with van der Waals surface area (Å²) < 4.78 is 1.94. The van der Waals surface area contributed by atoms with Crippen LogP contribution >= 0.6 is 12.2 Å². The molecule has 0 unspecified atom stereocenters. The van der Waals surface area contributed by atoms with Crippen LogP contribution in [0.5, 0.6) is 0 Å². The van der Waals surface area contributed by atoms with Crippen LogP contribution in [0.25, 0.3) is 5.69 Å². The quantitative estimate of drug-likeness (QED) is 0.780. The molecule has 2 N–H and O–H groups in total. The van der Waals surface area contributed by atoms with E-state index in [1.54, 1.807) is 12.5 Å². The lowest BCUT2D eigenvalue weighted by molar-refractivity contribution is 1.05. The van der Waals surface area contributed by atoms with E-state index in [1.807, 2.05) is 35.9 Å². The maximum absolute atomic E-state index is 5.60. The molecule has 4 heteroatoms. The molecule has 2 aromatic rings. The Bertz CT molecular complexity index is 489. The number of thiocarbonyl (C=S) groups is 1. The van der Waals surface area contributed by atoms with Crippen molar-refractivity contribution in [2.75, 3.05) is 0 Å². The number of hydrogen-bond donors (Lipinski definition) is 1. The van der Waals surface area contributed by atoms with Gasteiger partial charge in [-0.05, 0) is 30.7 Å². The van der Waals surface area contributed by atoms with Crippen molar-refractivity contribution in [2.45, 2.75) is 6.92 Å². The van der Waals surface area contributed by atoms with Crippen molar-refractivity contribution in [3.8, 4) is 5.69 Å². The summed E-state index contributed by atoms with van der Waals surface area (Å²) in [4.78, 5) is 4.43. The highest BCUT2D eigenvalue weighted by atomic mass is 32.1. The normalized spacial score (nSPS) is 10.2. The van der Waals surface area contributed by atoms with E-state index in [9.17, 15) is 0 Å². The molecule has 1 aromatic carbocycles. The highest BCUT2D eigenvalue weighted by Gasteiger charge is 2.03. The molecule has 0 bridgehead atoms. The summed E-state index contributed by atoms with van der Waals surface area (Å²) in [5.41, 5.74) is 8.66. The standard InChI is InChI=1S/C11H11N3S/c1-8-6-9(14-5-4-13-7-14)2-3-10(8)11(12)15/h2-7H,1H3,(H2,12,15). The predicted molar refractivity (Wildman–Crippen MR) is 64.2 cm³/mol. The number of hydrogen-bond acceptors (Lipinski definition) is 2. The van der Waals surface area contributed by atoms with Gasteiger partial charge in [0.05, 0.1) is 6.33 Å². The van der Waals surface area contributed by atoms with Gasteiger partial charge in [0.1, 0.15) is 4.99 Å². The fourth-order valence-electron chi connectivity index (χ4n) is 1.50. The van der Waals surface area contributed by atoms with E-state index < -0.39 is 0 Å². The molecule has 2 rings (SSSR count). The average molecular weight is 217 g/mol. The predicted octanol–water partition coefficient (Wildman–Crippen LogP) is 1.81. The third-order valence-electron chi connectivity index (χ3n) is 2.28. The lowest BCUT2D eigenvalue weighted by Crippen LogP contribution is -2.11. The highest BCUT2D eigenvalue weighted by Crippen LogP contribution is 2.14. The molecule has 0 radical (unpaired) electrons. The summed E-state index contributed by atoms with van der Waals surface area (Å²) in [7, 11) is 0. The fraction of sp³-hybridized carbons (Fsp3) is 0.0909. The van der Waals surface area contributed by atoms with E-state index in [-0.39, 0.29) is 0 Å². The van der Waals surface area contributed by atoms with Crippen LogP contribution in [0.4, 0.5) is 0 Å². The summed E-state index contributed by atoms with van der Waals surface area (Å²) in [5, 5.41) is 0. The minimum Gasteiger partial charge on any atom is -0.389 e. The van der Waals surface area contributed by atoms with Crippen molar-refractivity contribution in [1.82, 2.24) is 9.55 Å². The Hall–Kier alpha value is -1.68. The monoisotopic (exact) mass is 217 g/mol. The van der Waals surface area contributed by atoms with Gasteiger partial charge in [0, 0.05) is 23.6 Å². The topological polar surface area (TPSA) is 43.8 Å². The molecule has 1 heterocycles. The molecule has 0 fully saturated rings. The van der Waals surface area contributed by atoms with Gasteiger partial charge in [-0.1, -0.05) is 12.2 Å². The van der Waals surface area contributed by atoms with Crippen LogP contribution < -0.4 is 5.73 Å². The Balaban J connectivity index is 2.47. The lowest BCUT2D eigenvalue weighted by atomic mass is 10.1. The Labute approximate surface area is 93.6 Å². The Kier molecular flexibility index (Phi) is 2.51. The SMILES string of the molecule is Cc1cc(-n2ccnc2)ccc1C(N)=S. The van der Waals surface area contributed by atoms with Crippen molar-refractivity contribution in [3.05, 3.63) is 48.0 Å². The zero-order valence-corrected chi connectivity index (χ0v) is 9.16. The molecule has 0 aliphatic rings. The van der Waals surface area contributed by atoms with E-state index in [0.29, 0.717) is 4.99 Å². The van der Waals surface area contributed by atoms with Crippen molar-refractivity contribution in [1.29, 1.82) is 0 Å². The van der Waals surface area contributed by atoms with Crippen LogP contribution in [0, 0.1) is 6.92 Å². The first-order valence-corrected chi connectivity index (χ1v) is 4.98. The average Bonchev–Trinajstić information content (AvgIpc) is 2.69. The van der Waals surface area contributed by atoms with Gasteiger partial charge >= 0.3 is 0 Å². The summed E-state index contributed by atoms with van der Waals surface area (Å²) in [6.45, 7) is 1.99. The van der Waals surface area contributed by atoms with Gasteiger partial charge in [-0.15, -0.1) is 0 Å². The molecule has 76 valence electrons. The molecule has 0 saturated carbocycles. The first kappa shape index (κ1) is 9.86. The smallest absolute Gasteiger partial charge is 0.104 e. The molecule has 0 saturated heterocycles. The van der Waals surface area contributed by atoms with E-state index in [4.69, 9.17) is 18.0 Å². The summed E-state index contributed by atoms with van der Waals surface area (Å²) in [5.74, 6) is 0. The second-order valence-electron chi connectivity index (χ2n) is 3.33. The van der Waals surface area contributed by atoms with Gasteiger partial charge < -0.3 is 10.3 Å². The van der Waals surface area contributed by atoms with Crippen LogP contribution in [-0.4, -0.2) is 14.5 Å². The minimum absolute atomic E-state index is 0.435. The molecular weight excluding hydrogens is 206 g/mol. The van der Waals surface area contributed by atoms with Gasteiger partial charge in [0.15, 0.2) is 0 Å². The van der Waals surface area contributed by atoms with Crippen molar-refractivity contribution in [3.63, 3.8) is 0 Å². The van der Waals surface area contributed by atoms with Gasteiger partial charge in [-0.25, -0.2) is 4.98 Å². The number of nitrogens with zero attached hydrogens (tertiary/aromatic N) is 2. The number of rotatable bonds is 2. The third-order valence-corrected chi connectivity index (χ3v) is 2.50. The maximum atomic E-state index is 5.60. The number of aromatic nitrogens is 2. The minimum atomic E-state index is 0.435. The molecule has 0 atom stereocenters. The van der Waals surface area contributed by atoms with E-state index >= 15 is 0 Å². The van der Waals surface area contributed by atoms with Crippen molar-refractivity contribution < 1.29 is 0 Å². The summed E-state index contributed by atoms with van der Waals surface area (Å²) >= 11 is 4.95. The molecule has 0 spiro atoms. The van der Waals surface area contributed by atoms with Crippen molar-refractivity contribution in [2.24, 2.45) is 5.73 Å². The van der Waals surface area contributed by atoms with Crippen LogP contribution in [0.15, 0.2) is 36.9 Å². The second kappa shape index (κ2) is 3.82. The number of benzene rings is 1. The summed E-state index contributed by atoms with van der Waals surface area (Å²) in [6.07, 6.45) is 5.40. The van der Waals surface area contributed by atoms with Gasteiger partial charge in [0.2, 0.25) is 0 Å². The van der Waals surface area contributed by atoms with E-state index in [2.05, 4.69) is 4.98 Å². The highest BCUT2D eigenvalue weighted by molar-refractivity contribution is 7.80. The molecule has 0 aliphatic heterocycles. The van der Waals surface area contributed by atoms with Crippen LogP contribution in [0.2, 0.25) is 0 Å². The molecular formula is C11H11N3S. The van der Waals surface area contributed by atoms with Gasteiger partial charge in [-0.3, -0.25) is 0 Å². The molecule has 15 heavy (non-hydrogen) atoms. The van der Waals surface area contributed by atoms with Crippen LogP contribution in [-0.2, 0) is 0 Å². The van der Waals surface area contributed by atoms with E-state index in [0.717, 1.165) is 16.8 Å².